The van der Waals surface area contributed by atoms with Crippen molar-refractivity contribution in [3.05, 3.63) is 79.4 Å². The van der Waals surface area contributed by atoms with E-state index >= 15 is 0 Å². The Morgan fingerprint density at radius 1 is 0.923 bits per heavy atom. The summed E-state index contributed by atoms with van der Waals surface area (Å²) >= 11 is 24.7. The maximum atomic E-state index is 9.37. The van der Waals surface area contributed by atoms with Crippen LogP contribution in [0, 0.1) is 11.3 Å². The highest BCUT2D eigenvalue weighted by molar-refractivity contribution is 6.36. The van der Waals surface area contributed by atoms with Gasteiger partial charge in [0.2, 0.25) is 0 Å². The predicted molar refractivity (Wildman–Crippen MR) is 106 cm³/mol. The van der Waals surface area contributed by atoms with Gasteiger partial charge in [-0.3, -0.25) is 4.68 Å². The molecule has 2 aromatic carbocycles. The van der Waals surface area contributed by atoms with Gasteiger partial charge in [-0.15, -0.1) is 0 Å². The third-order valence-corrected chi connectivity index (χ3v) is 5.17. The Kier molecular flexibility index (Phi) is 5.95. The molecule has 1 N–H and O–H groups in total. The van der Waals surface area contributed by atoms with Gasteiger partial charge in [-0.05, 0) is 24.3 Å². The van der Waals surface area contributed by atoms with Gasteiger partial charge in [0, 0.05) is 44.0 Å². The number of nitrogens with zero attached hydrogens (tertiary/aromatic N) is 3. The van der Waals surface area contributed by atoms with Crippen LogP contribution in [-0.4, -0.2) is 9.78 Å². The second-order valence-corrected chi connectivity index (χ2v) is 7.08. The van der Waals surface area contributed by atoms with Gasteiger partial charge in [0.05, 0.1) is 6.54 Å². The van der Waals surface area contributed by atoms with Crippen LogP contribution in [0.2, 0.25) is 20.1 Å². The number of benzene rings is 2. The number of hydrogen-bond donors (Lipinski definition) is 1. The summed E-state index contributed by atoms with van der Waals surface area (Å²) in [7, 11) is 0. The molecule has 0 aliphatic rings. The fourth-order valence-electron chi connectivity index (χ4n) is 2.43. The lowest BCUT2D eigenvalue weighted by atomic mass is 10.2. The molecule has 0 saturated carbocycles. The molecule has 4 nitrogen and oxygen atoms in total. The molecule has 0 spiro atoms. The van der Waals surface area contributed by atoms with Crippen molar-refractivity contribution in [3.63, 3.8) is 0 Å². The van der Waals surface area contributed by atoms with Crippen LogP contribution in [-0.2, 0) is 13.1 Å². The van der Waals surface area contributed by atoms with Crippen molar-refractivity contribution in [2.24, 2.45) is 0 Å². The van der Waals surface area contributed by atoms with Crippen molar-refractivity contribution in [2.75, 3.05) is 5.32 Å². The van der Waals surface area contributed by atoms with Gasteiger partial charge in [-0.1, -0.05) is 58.5 Å². The predicted octanol–water partition coefficient (Wildman–Crippen LogP) is 6.03. The Bertz CT molecular complexity index is 951. The van der Waals surface area contributed by atoms with E-state index in [-0.39, 0.29) is 0 Å². The molecular weight excluding hydrogens is 414 g/mol. The van der Waals surface area contributed by atoms with Crippen molar-refractivity contribution in [3.8, 4) is 6.07 Å². The second-order valence-electron chi connectivity index (χ2n) is 5.45. The van der Waals surface area contributed by atoms with E-state index in [1.165, 1.54) is 0 Å². The molecule has 0 aliphatic carbocycles. The topological polar surface area (TPSA) is 53.6 Å². The molecule has 0 fully saturated rings. The van der Waals surface area contributed by atoms with Crippen LogP contribution in [0.3, 0.4) is 0 Å². The Balaban J connectivity index is 1.82. The maximum absolute atomic E-state index is 9.37. The minimum atomic E-state index is 0.344. The Hall–Kier alpha value is -1.90. The van der Waals surface area contributed by atoms with Crippen LogP contribution in [0.4, 0.5) is 5.82 Å². The summed E-state index contributed by atoms with van der Waals surface area (Å²) in [5, 5.41) is 19.1. The third kappa shape index (κ3) is 4.08. The van der Waals surface area contributed by atoms with Gasteiger partial charge in [0.25, 0.3) is 0 Å². The van der Waals surface area contributed by atoms with Crippen molar-refractivity contribution in [1.29, 1.82) is 5.26 Å². The minimum absolute atomic E-state index is 0.344. The molecule has 0 unspecified atom stereocenters. The molecule has 0 bridgehead atoms. The van der Waals surface area contributed by atoms with Crippen molar-refractivity contribution < 1.29 is 0 Å². The fourth-order valence-corrected chi connectivity index (χ4v) is 3.48. The first-order valence-corrected chi connectivity index (χ1v) is 9.08. The molecule has 1 heterocycles. The standard InChI is InChI=1S/C18H12Cl4N4/c19-14-3-1-4-15(20)12(14)8-24-18-11(7-23)9-26(25-18)10-13-16(21)5-2-6-17(13)22/h1-6,9H,8,10H2,(H,24,25). The summed E-state index contributed by atoms with van der Waals surface area (Å²) in [6.07, 6.45) is 1.64. The molecule has 26 heavy (non-hydrogen) atoms. The summed E-state index contributed by atoms with van der Waals surface area (Å²) in [5.41, 5.74) is 1.88. The Morgan fingerprint density at radius 3 is 2.00 bits per heavy atom. The first kappa shape index (κ1) is 18.9. The van der Waals surface area contributed by atoms with Crippen LogP contribution in [0.15, 0.2) is 42.6 Å². The van der Waals surface area contributed by atoms with E-state index < -0.39 is 0 Å². The lowest BCUT2D eigenvalue weighted by Gasteiger charge is -2.08. The number of halogens is 4. The maximum Gasteiger partial charge on any atom is 0.166 e. The van der Waals surface area contributed by atoms with Gasteiger partial charge in [0.15, 0.2) is 5.82 Å². The van der Waals surface area contributed by atoms with Crippen molar-refractivity contribution in [1.82, 2.24) is 9.78 Å². The average Bonchev–Trinajstić information content (AvgIpc) is 3.00. The van der Waals surface area contributed by atoms with Crippen LogP contribution < -0.4 is 5.32 Å². The zero-order chi connectivity index (χ0) is 18.7. The molecule has 0 aliphatic heterocycles. The van der Waals surface area contributed by atoms with E-state index in [0.29, 0.717) is 44.6 Å². The van der Waals surface area contributed by atoms with Gasteiger partial charge >= 0.3 is 0 Å². The zero-order valence-electron chi connectivity index (χ0n) is 13.3. The molecule has 1 aromatic heterocycles. The minimum Gasteiger partial charge on any atom is -0.363 e. The summed E-state index contributed by atoms with van der Waals surface area (Å²) in [4.78, 5) is 0. The smallest absolute Gasteiger partial charge is 0.166 e. The quantitative estimate of drug-likeness (QED) is 0.542. The molecule has 0 radical (unpaired) electrons. The van der Waals surface area contributed by atoms with E-state index in [1.54, 1.807) is 47.3 Å². The van der Waals surface area contributed by atoms with E-state index in [0.717, 1.165) is 11.1 Å². The number of anilines is 1. The number of nitrogens with one attached hydrogen (secondary N) is 1. The summed E-state index contributed by atoms with van der Waals surface area (Å²) < 4.78 is 1.61. The van der Waals surface area contributed by atoms with E-state index in [2.05, 4.69) is 16.5 Å². The summed E-state index contributed by atoms with van der Waals surface area (Å²) in [6.45, 7) is 0.693. The molecule has 0 atom stereocenters. The van der Waals surface area contributed by atoms with Crippen LogP contribution in [0.25, 0.3) is 0 Å². The zero-order valence-corrected chi connectivity index (χ0v) is 16.3. The molecule has 8 heteroatoms. The highest BCUT2D eigenvalue weighted by Crippen LogP contribution is 2.27. The van der Waals surface area contributed by atoms with Crippen LogP contribution in [0.5, 0.6) is 0 Å². The van der Waals surface area contributed by atoms with Gasteiger partial charge in [-0.25, -0.2) is 0 Å². The Morgan fingerprint density at radius 2 is 1.46 bits per heavy atom. The number of nitriles is 1. The van der Waals surface area contributed by atoms with Crippen LogP contribution >= 0.6 is 46.4 Å². The molecular formula is C18H12Cl4N4. The SMILES string of the molecule is N#Cc1cn(Cc2c(Cl)cccc2Cl)nc1NCc1c(Cl)cccc1Cl. The van der Waals surface area contributed by atoms with E-state index in [9.17, 15) is 5.26 Å². The third-order valence-electron chi connectivity index (χ3n) is 3.76. The summed E-state index contributed by atoms with van der Waals surface area (Å²) in [5.74, 6) is 0.437. The number of aromatic nitrogens is 2. The normalized spacial score (nSPS) is 10.6. The number of hydrogen-bond acceptors (Lipinski definition) is 3. The second kappa shape index (κ2) is 8.20. The van der Waals surface area contributed by atoms with Crippen molar-refractivity contribution in [2.45, 2.75) is 13.1 Å². The molecule has 3 aromatic rings. The van der Waals surface area contributed by atoms with Gasteiger partial charge in [0.1, 0.15) is 11.6 Å². The first-order valence-electron chi connectivity index (χ1n) is 7.56. The van der Waals surface area contributed by atoms with Gasteiger partial charge in [-0.2, -0.15) is 10.4 Å². The van der Waals surface area contributed by atoms with E-state index in [1.807, 2.05) is 0 Å². The van der Waals surface area contributed by atoms with E-state index in [4.69, 9.17) is 46.4 Å². The highest BCUT2D eigenvalue weighted by atomic mass is 35.5. The largest absolute Gasteiger partial charge is 0.363 e. The molecule has 0 amide bonds. The Labute approximate surface area is 170 Å². The monoisotopic (exact) mass is 424 g/mol. The molecule has 0 saturated heterocycles. The van der Waals surface area contributed by atoms with Crippen molar-refractivity contribution >= 4 is 52.2 Å². The summed E-state index contributed by atoms with van der Waals surface area (Å²) in [6, 6.07) is 12.7. The number of rotatable bonds is 5. The first-order chi connectivity index (χ1) is 12.5. The fraction of sp³-hybridized carbons (Fsp3) is 0.111. The lowest BCUT2D eigenvalue weighted by molar-refractivity contribution is 0.688. The molecule has 132 valence electrons. The average molecular weight is 426 g/mol. The van der Waals surface area contributed by atoms with Crippen LogP contribution in [0.1, 0.15) is 16.7 Å². The van der Waals surface area contributed by atoms with Gasteiger partial charge < -0.3 is 5.32 Å². The lowest BCUT2D eigenvalue weighted by Crippen LogP contribution is -2.05. The molecule has 3 rings (SSSR count). The highest BCUT2D eigenvalue weighted by Gasteiger charge is 2.13.